The number of hydrogen-bond acceptors (Lipinski definition) is 5. The Kier molecular flexibility index (Phi) is 4.18. The molecule has 3 rings (SSSR count). The molecule has 1 aliphatic heterocycles. The van der Waals surface area contributed by atoms with E-state index in [1.54, 1.807) is 18.3 Å². The molecule has 1 atom stereocenters. The molecule has 22 heavy (non-hydrogen) atoms. The summed E-state index contributed by atoms with van der Waals surface area (Å²) in [5.74, 6) is 0.725. The lowest BCUT2D eigenvalue weighted by Crippen LogP contribution is -2.40. The van der Waals surface area contributed by atoms with E-state index < -0.39 is 0 Å². The van der Waals surface area contributed by atoms with E-state index in [0.29, 0.717) is 17.8 Å². The quantitative estimate of drug-likeness (QED) is 0.835. The molecule has 0 saturated carbocycles. The molecule has 1 aromatic carbocycles. The Morgan fingerprint density at radius 3 is 2.95 bits per heavy atom. The van der Waals surface area contributed by atoms with Crippen molar-refractivity contribution in [3.05, 3.63) is 48.2 Å². The zero-order valence-corrected chi connectivity index (χ0v) is 12.3. The van der Waals surface area contributed by atoms with Crippen LogP contribution in [-0.4, -0.2) is 35.2 Å². The number of carbonyl (C=O) groups excluding carboxylic acids is 1. The van der Waals surface area contributed by atoms with E-state index in [1.807, 2.05) is 24.3 Å². The SMILES string of the molecule is Nc1ccccc1C(=O)NCC1CCCN1c1cccnn1. The number of rotatable bonds is 4. The molecule has 6 nitrogen and oxygen atoms in total. The summed E-state index contributed by atoms with van der Waals surface area (Å²) in [5, 5.41) is 11.0. The second-order valence-corrected chi connectivity index (χ2v) is 5.37. The van der Waals surface area contributed by atoms with E-state index in [4.69, 9.17) is 5.73 Å². The summed E-state index contributed by atoms with van der Waals surface area (Å²) >= 11 is 0. The lowest BCUT2D eigenvalue weighted by molar-refractivity contribution is 0.0952. The molecule has 0 spiro atoms. The van der Waals surface area contributed by atoms with Gasteiger partial charge in [-0.3, -0.25) is 4.79 Å². The van der Waals surface area contributed by atoms with Gasteiger partial charge in [-0.1, -0.05) is 12.1 Å². The summed E-state index contributed by atoms with van der Waals surface area (Å²) in [7, 11) is 0. The molecule has 1 aliphatic rings. The van der Waals surface area contributed by atoms with Crippen LogP contribution in [0, 0.1) is 0 Å². The molecule has 0 aliphatic carbocycles. The number of anilines is 2. The van der Waals surface area contributed by atoms with Gasteiger partial charge in [-0.05, 0) is 37.1 Å². The Balaban J connectivity index is 1.64. The molecule has 3 N–H and O–H groups in total. The Morgan fingerprint density at radius 1 is 1.32 bits per heavy atom. The fourth-order valence-electron chi connectivity index (χ4n) is 2.81. The van der Waals surface area contributed by atoms with E-state index in [9.17, 15) is 4.79 Å². The highest BCUT2D eigenvalue weighted by molar-refractivity contribution is 5.99. The van der Waals surface area contributed by atoms with Crippen molar-refractivity contribution >= 4 is 17.4 Å². The smallest absolute Gasteiger partial charge is 0.253 e. The molecule has 1 aromatic heterocycles. The number of carbonyl (C=O) groups is 1. The van der Waals surface area contributed by atoms with Crippen LogP contribution in [0.5, 0.6) is 0 Å². The van der Waals surface area contributed by atoms with Gasteiger partial charge in [0.15, 0.2) is 5.82 Å². The Labute approximate surface area is 129 Å². The number of nitrogens with two attached hydrogens (primary N) is 1. The monoisotopic (exact) mass is 297 g/mol. The molecule has 6 heteroatoms. The van der Waals surface area contributed by atoms with Crippen molar-refractivity contribution in [2.45, 2.75) is 18.9 Å². The average Bonchev–Trinajstić information content (AvgIpc) is 3.02. The molecular formula is C16H19N5O. The first-order chi connectivity index (χ1) is 10.8. The number of nitrogens with one attached hydrogen (secondary N) is 1. The van der Waals surface area contributed by atoms with Crippen LogP contribution in [0.1, 0.15) is 23.2 Å². The minimum atomic E-state index is -0.135. The van der Waals surface area contributed by atoms with Gasteiger partial charge in [0, 0.05) is 31.0 Å². The minimum Gasteiger partial charge on any atom is -0.398 e. The maximum absolute atomic E-state index is 12.2. The molecule has 114 valence electrons. The first kappa shape index (κ1) is 14.3. The Bertz CT molecular complexity index is 646. The molecule has 2 heterocycles. The Hall–Kier alpha value is -2.63. The van der Waals surface area contributed by atoms with Crippen LogP contribution in [0.15, 0.2) is 42.6 Å². The van der Waals surface area contributed by atoms with Gasteiger partial charge in [0.2, 0.25) is 0 Å². The second kappa shape index (κ2) is 6.43. The number of nitrogen functional groups attached to an aromatic ring is 1. The summed E-state index contributed by atoms with van der Waals surface area (Å²) in [6.45, 7) is 1.51. The number of para-hydroxylation sites is 1. The third-order valence-corrected chi connectivity index (χ3v) is 3.93. The fraction of sp³-hybridized carbons (Fsp3) is 0.312. The zero-order chi connectivity index (χ0) is 15.4. The van der Waals surface area contributed by atoms with E-state index in [0.717, 1.165) is 25.2 Å². The number of hydrogen-bond donors (Lipinski definition) is 2. The van der Waals surface area contributed by atoms with Crippen LogP contribution in [-0.2, 0) is 0 Å². The summed E-state index contributed by atoms with van der Waals surface area (Å²) < 4.78 is 0. The molecule has 1 fully saturated rings. The van der Waals surface area contributed by atoms with E-state index in [-0.39, 0.29) is 11.9 Å². The summed E-state index contributed by atoms with van der Waals surface area (Å²) in [4.78, 5) is 14.4. The summed E-state index contributed by atoms with van der Waals surface area (Å²) in [6.07, 6.45) is 3.78. The van der Waals surface area contributed by atoms with Crippen molar-refractivity contribution in [3.8, 4) is 0 Å². The predicted molar refractivity (Wildman–Crippen MR) is 85.6 cm³/mol. The molecule has 1 saturated heterocycles. The van der Waals surface area contributed by atoms with Gasteiger partial charge in [0.25, 0.3) is 5.91 Å². The maximum Gasteiger partial charge on any atom is 0.253 e. The van der Waals surface area contributed by atoms with Crippen LogP contribution < -0.4 is 16.0 Å². The highest BCUT2D eigenvalue weighted by atomic mass is 16.1. The fourth-order valence-corrected chi connectivity index (χ4v) is 2.81. The first-order valence-corrected chi connectivity index (χ1v) is 7.43. The molecule has 0 radical (unpaired) electrons. The van der Waals surface area contributed by atoms with Crippen LogP contribution in [0.2, 0.25) is 0 Å². The third kappa shape index (κ3) is 3.00. The lowest BCUT2D eigenvalue weighted by Gasteiger charge is -2.25. The van der Waals surface area contributed by atoms with E-state index >= 15 is 0 Å². The lowest BCUT2D eigenvalue weighted by atomic mass is 10.1. The Morgan fingerprint density at radius 2 is 2.18 bits per heavy atom. The van der Waals surface area contributed by atoms with Gasteiger partial charge in [-0.15, -0.1) is 5.10 Å². The van der Waals surface area contributed by atoms with Gasteiger partial charge in [0.05, 0.1) is 5.56 Å². The van der Waals surface area contributed by atoms with E-state index in [1.165, 1.54) is 0 Å². The predicted octanol–water partition coefficient (Wildman–Crippen LogP) is 1.46. The van der Waals surface area contributed by atoms with Crippen LogP contribution in [0.4, 0.5) is 11.5 Å². The minimum absolute atomic E-state index is 0.135. The average molecular weight is 297 g/mol. The zero-order valence-electron chi connectivity index (χ0n) is 12.3. The summed E-state index contributed by atoms with van der Waals surface area (Å²) in [6, 6.07) is 11.2. The standard InChI is InChI=1S/C16H19N5O/c17-14-7-2-1-6-13(14)16(22)18-11-12-5-4-10-21(12)15-8-3-9-19-20-15/h1-3,6-9,12H,4-5,10-11,17H2,(H,18,22). The largest absolute Gasteiger partial charge is 0.398 e. The van der Waals surface area contributed by atoms with Crippen molar-refractivity contribution in [1.29, 1.82) is 0 Å². The van der Waals surface area contributed by atoms with Crippen molar-refractivity contribution in [2.24, 2.45) is 0 Å². The van der Waals surface area contributed by atoms with Gasteiger partial charge in [-0.2, -0.15) is 5.10 Å². The van der Waals surface area contributed by atoms with Crippen molar-refractivity contribution < 1.29 is 4.79 Å². The van der Waals surface area contributed by atoms with Crippen LogP contribution >= 0.6 is 0 Å². The van der Waals surface area contributed by atoms with Gasteiger partial charge >= 0.3 is 0 Å². The highest BCUT2D eigenvalue weighted by Gasteiger charge is 2.26. The van der Waals surface area contributed by atoms with Crippen molar-refractivity contribution in [2.75, 3.05) is 23.7 Å². The number of amides is 1. The number of aromatic nitrogens is 2. The molecular weight excluding hydrogens is 278 g/mol. The van der Waals surface area contributed by atoms with Gasteiger partial charge in [-0.25, -0.2) is 0 Å². The molecule has 0 bridgehead atoms. The van der Waals surface area contributed by atoms with E-state index in [2.05, 4.69) is 20.4 Å². The first-order valence-electron chi connectivity index (χ1n) is 7.43. The molecule has 1 unspecified atom stereocenters. The number of nitrogens with zero attached hydrogens (tertiary/aromatic N) is 3. The third-order valence-electron chi connectivity index (χ3n) is 3.93. The second-order valence-electron chi connectivity index (χ2n) is 5.37. The van der Waals surface area contributed by atoms with Gasteiger partial charge < -0.3 is 16.0 Å². The summed E-state index contributed by atoms with van der Waals surface area (Å²) in [5.41, 5.74) is 6.85. The maximum atomic E-state index is 12.2. The van der Waals surface area contributed by atoms with Crippen LogP contribution in [0.25, 0.3) is 0 Å². The highest BCUT2D eigenvalue weighted by Crippen LogP contribution is 2.22. The topological polar surface area (TPSA) is 84.1 Å². The van der Waals surface area contributed by atoms with Crippen molar-refractivity contribution in [1.82, 2.24) is 15.5 Å². The van der Waals surface area contributed by atoms with Crippen molar-refractivity contribution in [3.63, 3.8) is 0 Å². The van der Waals surface area contributed by atoms with Gasteiger partial charge in [0.1, 0.15) is 0 Å². The van der Waals surface area contributed by atoms with Crippen LogP contribution in [0.3, 0.4) is 0 Å². The molecule has 1 amide bonds. The normalized spacial score (nSPS) is 17.5. The molecule has 2 aromatic rings. The number of benzene rings is 1.